The molecule has 1 aromatic heterocycles. The summed E-state index contributed by atoms with van der Waals surface area (Å²) in [7, 11) is 0. The molecule has 21 heavy (non-hydrogen) atoms. The van der Waals surface area contributed by atoms with E-state index in [0.29, 0.717) is 17.9 Å². The lowest BCUT2D eigenvalue weighted by Gasteiger charge is -2.10. The molecule has 0 atom stereocenters. The zero-order valence-electron chi connectivity index (χ0n) is 11.9. The number of halogens is 1. The van der Waals surface area contributed by atoms with Gasteiger partial charge in [0.15, 0.2) is 0 Å². The van der Waals surface area contributed by atoms with E-state index in [2.05, 4.69) is 38.5 Å². The van der Waals surface area contributed by atoms with Crippen molar-refractivity contribution in [3.05, 3.63) is 58.2 Å². The third-order valence-corrected chi connectivity index (χ3v) is 3.43. The number of carbonyl (C=O) groups is 1. The maximum Gasteiger partial charge on any atom is 0.255 e. The Bertz CT molecular complexity index is 616. The molecule has 1 aromatic carbocycles. The summed E-state index contributed by atoms with van der Waals surface area (Å²) in [6, 6.07) is 11.4. The van der Waals surface area contributed by atoms with Gasteiger partial charge in [-0.05, 0) is 36.2 Å². The average molecular weight is 348 g/mol. The molecule has 2 aromatic rings. The van der Waals surface area contributed by atoms with Crippen molar-refractivity contribution in [3.8, 4) is 0 Å². The molecule has 0 aliphatic heterocycles. The summed E-state index contributed by atoms with van der Waals surface area (Å²) in [5.41, 5.74) is 1.62. The smallest absolute Gasteiger partial charge is 0.255 e. The van der Waals surface area contributed by atoms with E-state index in [0.717, 1.165) is 23.0 Å². The Hall–Kier alpha value is -1.88. The average Bonchev–Trinajstić information content (AvgIpc) is 2.51. The van der Waals surface area contributed by atoms with Crippen molar-refractivity contribution in [2.75, 3.05) is 11.9 Å². The highest BCUT2D eigenvalue weighted by molar-refractivity contribution is 9.10. The summed E-state index contributed by atoms with van der Waals surface area (Å²) in [6.45, 7) is 3.35. The van der Waals surface area contributed by atoms with Crippen LogP contribution in [0.2, 0.25) is 0 Å². The van der Waals surface area contributed by atoms with Crippen molar-refractivity contribution in [2.45, 2.75) is 19.9 Å². The van der Waals surface area contributed by atoms with Crippen molar-refractivity contribution >= 4 is 27.7 Å². The Balaban J connectivity index is 2.03. The minimum absolute atomic E-state index is 0.123. The number of rotatable bonds is 6. The third-order valence-electron chi connectivity index (χ3n) is 2.94. The van der Waals surface area contributed by atoms with E-state index < -0.39 is 0 Å². The second-order valence-corrected chi connectivity index (χ2v) is 5.55. The van der Waals surface area contributed by atoms with Crippen LogP contribution in [0, 0.1) is 0 Å². The maximum atomic E-state index is 12.3. The molecule has 0 unspecified atom stereocenters. The van der Waals surface area contributed by atoms with E-state index in [1.165, 1.54) is 0 Å². The number of benzene rings is 1. The van der Waals surface area contributed by atoms with Crippen LogP contribution in [0.4, 0.5) is 5.82 Å². The number of nitrogens with one attached hydrogen (secondary N) is 2. The minimum Gasteiger partial charge on any atom is -0.369 e. The quantitative estimate of drug-likeness (QED) is 0.839. The van der Waals surface area contributed by atoms with Gasteiger partial charge >= 0.3 is 0 Å². The Labute approximate surface area is 133 Å². The van der Waals surface area contributed by atoms with Gasteiger partial charge in [-0.25, -0.2) is 4.98 Å². The van der Waals surface area contributed by atoms with Crippen LogP contribution < -0.4 is 10.6 Å². The van der Waals surface area contributed by atoms with Gasteiger partial charge in [-0.2, -0.15) is 0 Å². The lowest BCUT2D eigenvalue weighted by atomic mass is 10.2. The van der Waals surface area contributed by atoms with Crippen LogP contribution in [0.25, 0.3) is 0 Å². The van der Waals surface area contributed by atoms with Gasteiger partial charge in [0.25, 0.3) is 5.91 Å². The van der Waals surface area contributed by atoms with Gasteiger partial charge in [0, 0.05) is 23.8 Å². The van der Waals surface area contributed by atoms with Crippen molar-refractivity contribution in [3.63, 3.8) is 0 Å². The molecule has 110 valence electrons. The number of amides is 1. The molecule has 0 bridgehead atoms. The molecule has 0 fully saturated rings. The van der Waals surface area contributed by atoms with Crippen LogP contribution in [-0.2, 0) is 6.54 Å². The van der Waals surface area contributed by atoms with Gasteiger partial charge in [0.1, 0.15) is 5.82 Å². The summed E-state index contributed by atoms with van der Waals surface area (Å²) in [5, 5.41) is 6.09. The predicted molar refractivity (Wildman–Crippen MR) is 88.3 cm³/mol. The molecule has 1 amide bonds. The lowest BCUT2D eigenvalue weighted by molar-refractivity contribution is 0.0951. The molecular weight excluding hydrogens is 330 g/mol. The summed E-state index contributed by atoms with van der Waals surface area (Å²) in [4.78, 5) is 16.5. The van der Waals surface area contributed by atoms with Crippen LogP contribution in [0.1, 0.15) is 29.3 Å². The zero-order chi connectivity index (χ0) is 15.1. The molecule has 5 heteroatoms. The molecule has 0 saturated heterocycles. The first kappa shape index (κ1) is 15.5. The number of aromatic nitrogens is 1. The molecule has 0 aliphatic rings. The Morgan fingerprint density at radius 2 is 2.14 bits per heavy atom. The minimum atomic E-state index is -0.123. The largest absolute Gasteiger partial charge is 0.369 e. The van der Waals surface area contributed by atoms with Crippen LogP contribution >= 0.6 is 15.9 Å². The lowest BCUT2D eigenvalue weighted by Crippen LogP contribution is -2.24. The summed E-state index contributed by atoms with van der Waals surface area (Å²) in [5.74, 6) is 0.507. The first-order valence-electron chi connectivity index (χ1n) is 6.92. The number of carbonyl (C=O) groups excluding carboxylic acids is 1. The van der Waals surface area contributed by atoms with E-state index >= 15 is 0 Å². The molecule has 0 spiro atoms. The first-order chi connectivity index (χ1) is 10.2. The summed E-state index contributed by atoms with van der Waals surface area (Å²) in [6.07, 6.45) is 2.67. The van der Waals surface area contributed by atoms with E-state index in [1.807, 2.05) is 24.3 Å². The Morgan fingerprint density at radius 3 is 2.90 bits per heavy atom. The second-order valence-electron chi connectivity index (χ2n) is 4.64. The fourth-order valence-corrected chi connectivity index (χ4v) is 2.34. The number of hydrogen-bond donors (Lipinski definition) is 2. The van der Waals surface area contributed by atoms with Crippen molar-refractivity contribution in [1.82, 2.24) is 10.3 Å². The molecule has 2 N–H and O–H groups in total. The van der Waals surface area contributed by atoms with Gasteiger partial charge in [0.2, 0.25) is 0 Å². The number of hydrogen-bond acceptors (Lipinski definition) is 3. The first-order valence-corrected chi connectivity index (χ1v) is 7.71. The van der Waals surface area contributed by atoms with E-state index in [9.17, 15) is 4.79 Å². The van der Waals surface area contributed by atoms with Gasteiger partial charge < -0.3 is 10.6 Å². The van der Waals surface area contributed by atoms with Gasteiger partial charge in [-0.1, -0.05) is 35.0 Å². The normalized spacial score (nSPS) is 10.2. The molecule has 1 heterocycles. The maximum absolute atomic E-state index is 12.3. The zero-order valence-corrected chi connectivity index (χ0v) is 13.5. The Morgan fingerprint density at radius 1 is 1.29 bits per heavy atom. The van der Waals surface area contributed by atoms with Crippen LogP contribution in [0.3, 0.4) is 0 Å². The highest BCUT2D eigenvalue weighted by Crippen LogP contribution is 2.13. The topological polar surface area (TPSA) is 54.0 Å². The Kier molecular flexibility index (Phi) is 5.75. The van der Waals surface area contributed by atoms with Crippen LogP contribution in [0.5, 0.6) is 0 Å². The third kappa shape index (κ3) is 4.56. The number of anilines is 1. The second kappa shape index (κ2) is 7.78. The predicted octanol–water partition coefficient (Wildman–Crippen LogP) is 3.60. The number of nitrogens with zero attached hydrogens (tertiary/aromatic N) is 1. The highest BCUT2D eigenvalue weighted by Gasteiger charge is 2.11. The highest BCUT2D eigenvalue weighted by atomic mass is 79.9. The van der Waals surface area contributed by atoms with Gasteiger partial charge in [0.05, 0.1) is 5.56 Å². The van der Waals surface area contributed by atoms with Crippen molar-refractivity contribution in [1.29, 1.82) is 0 Å². The fourth-order valence-electron chi connectivity index (χ4n) is 1.90. The van der Waals surface area contributed by atoms with E-state index in [-0.39, 0.29) is 5.91 Å². The standard InChI is InChI=1S/C16H18BrN3O/c1-2-8-18-15-14(7-4-9-19-15)16(21)20-11-12-5-3-6-13(17)10-12/h3-7,9-10H,2,8,11H2,1H3,(H,18,19)(H,20,21). The molecule has 4 nitrogen and oxygen atoms in total. The monoisotopic (exact) mass is 347 g/mol. The van der Waals surface area contributed by atoms with E-state index in [1.54, 1.807) is 18.3 Å². The fraction of sp³-hybridized carbons (Fsp3) is 0.250. The van der Waals surface area contributed by atoms with Crippen molar-refractivity contribution in [2.24, 2.45) is 0 Å². The summed E-state index contributed by atoms with van der Waals surface area (Å²) < 4.78 is 1.00. The van der Waals surface area contributed by atoms with Gasteiger partial charge in [-0.3, -0.25) is 4.79 Å². The van der Waals surface area contributed by atoms with Crippen LogP contribution in [0.15, 0.2) is 47.1 Å². The van der Waals surface area contributed by atoms with Gasteiger partial charge in [-0.15, -0.1) is 0 Å². The molecule has 0 saturated carbocycles. The molecule has 0 aliphatic carbocycles. The molecular formula is C16H18BrN3O. The van der Waals surface area contributed by atoms with E-state index in [4.69, 9.17) is 0 Å². The molecule has 2 rings (SSSR count). The molecule has 0 radical (unpaired) electrons. The number of pyridine rings is 1. The van der Waals surface area contributed by atoms with Crippen LogP contribution in [-0.4, -0.2) is 17.4 Å². The summed E-state index contributed by atoms with van der Waals surface area (Å²) >= 11 is 3.42. The SMILES string of the molecule is CCCNc1ncccc1C(=O)NCc1cccc(Br)c1. The van der Waals surface area contributed by atoms with Crippen molar-refractivity contribution < 1.29 is 4.79 Å².